The van der Waals surface area contributed by atoms with E-state index in [0.717, 1.165) is 32.0 Å². The lowest BCUT2D eigenvalue weighted by Crippen LogP contribution is -2.43. The quantitative estimate of drug-likeness (QED) is 0.805. The highest BCUT2D eigenvalue weighted by Crippen LogP contribution is 2.24. The molecule has 1 unspecified atom stereocenters. The van der Waals surface area contributed by atoms with Gasteiger partial charge in [-0.2, -0.15) is 0 Å². The van der Waals surface area contributed by atoms with Gasteiger partial charge in [0.2, 0.25) is 15.9 Å². The molecule has 0 bridgehead atoms. The van der Waals surface area contributed by atoms with Crippen LogP contribution in [0.5, 0.6) is 0 Å². The largest absolute Gasteiger partial charge is 0.340 e. The maximum Gasteiger partial charge on any atom is 0.241 e. The van der Waals surface area contributed by atoms with Crippen molar-refractivity contribution < 1.29 is 17.6 Å². The molecule has 0 saturated carbocycles. The van der Waals surface area contributed by atoms with Crippen LogP contribution in [0.3, 0.4) is 0 Å². The van der Waals surface area contributed by atoms with Gasteiger partial charge in [0.25, 0.3) is 0 Å². The number of amides is 1. The third-order valence-corrected chi connectivity index (χ3v) is 7.11. The molecule has 154 valence electrons. The van der Waals surface area contributed by atoms with Gasteiger partial charge in [-0.05, 0) is 42.2 Å². The molecule has 0 aliphatic carbocycles. The van der Waals surface area contributed by atoms with Crippen molar-refractivity contribution in [3.8, 4) is 0 Å². The average molecular weight is 418 g/mol. The van der Waals surface area contributed by atoms with Crippen molar-refractivity contribution in [2.75, 3.05) is 26.2 Å². The normalized spacial score (nSPS) is 19.9. The second-order valence-electron chi connectivity index (χ2n) is 7.55. The van der Waals surface area contributed by atoms with Crippen LogP contribution in [0.4, 0.5) is 4.39 Å². The molecule has 0 aromatic heterocycles. The van der Waals surface area contributed by atoms with Crippen LogP contribution in [0, 0.1) is 5.82 Å². The minimum absolute atomic E-state index is 0.184. The molecule has 8 heteroatoms. The lowest BCUT2D eigenvalue weighted by atomic mass is 9.98. The minimum Gasteiger partial charge on any atom is -0.340 e. The predicted octanol–water partition coefficient (Wildman–Crippen LogP) is 1.76. The Morgan fingerprint density at radius 1 is 1.10 bits per heavy atom. The van der Waals surface area contributed by atoms with Crippen molar-refractivity contribution in [3.05, 3.63) is 65.5 Å². The van der Waals surface area contributed by atoms with Crippen LogP contribution in [0.15, 0.2) is 53.4 Å². The summed E-state index contributed by atoms with van der Waals surface area (Å²) in [7, 11) is -3.92. The lowest BCUT2D eigenvalue weighted by Gasteiger charge is -2.33. The molecular weight excluding hydrogens is 393 g/mol. The van der Waals surface area contributed by atoms with E-state index in [1.165, 1.54) is 29.3 Å². The Bertz CT molecular complexity index is 1010. The van der Waals surface area contributed by atoms with Crippen molar-refractivity contribution >= 4 is 15.9 Å². The summed E-state index contributed by atoms with van der Waals surface area (Å²) in [5.74, 6) is -0.894. The maximum absolute atomic E-state index is 13.3. The number of hydrogen-bond acceptors (Lipinski definition) is 4. The standard InChI is InChI=1S/C21H24FN3O3S/c22-18-6-3-7-20(12-18)29(27,28)23-13-21(26)25-11-9-19(15-25)24-10-8-16-4-1-2-5-17(16)14-24/h1-7,12,19,23H,8-11,13-15H2. The van der Waals surface area contributed by atoms with E-state index in [2.05, 4.69) is 33.9 Å². The van der Waals surface area contributed by atoms with Crippen LogP contribution in [0.25, 0.3) is 0 Å². The highest BCUT2D eigenvalue weighted by molar-refractivity contribution is 7.89. The first-order valence-electron chi connectivity index (χ1n) is 9.76. The zero-order valence-electron chi connectivity index (χ0n) is 16.1. The van der Waals surface area contributed by atoms with Gasteiger partial charge in [-0.3, -0.25) is 9.69 Å². The zero-order valence-corrected chi connectivity index (χ0v) is 16.9. The molecule has 4 rings (SSSR count). The zero-order chi connectivity index (χ0) is 20.4. The van der Waals surface area contributed by atoms with Gasteiger partial charge < -0.3 is 4.90 Å². The van der Waals surface area contributed by atoms with Gasteiger partial charge in [-0.15, -0.1) is 0 Å². The molecule has 0 spiro atoms. The molecule has 2 heterocycles. The molecular formula is C21H24FN3O3S. The molecule has 6 nitrogen and oxygen atoms in total. The Morgan fingerprint density at radius 3 is 2.69 bits per heavy atom. The number of sulfonamides is 1. The summed E-state index contributed by atoms with van der Waals surface area (Å²) < 4.78 is 40.1. The number of benzene rings is 2. The summed E-state index contributed by atoms with van der Waals surface area (Å²) in [6.45, 7) is 2.74. The molecule has 1 saturated heterocycles. The second-order valence-corrected chi connectivity index (χ2v) is 9.32. The number of likely N-dealkylation sites (tertiary alicyclic amines) is 1. The van der Waals surface area contributed by atoms with Crippen molar-refractivity contribution in [1.29, 1.82) is 0 Å². The second kappa shape index (κ2) is 8.22. The minimum atomic E-state index is -3.92. The molecule has 2 aromatic carbocycles. The predicted molar refractivity (Wildman–Crippen MR) is 107 cm³/mol. The summed E-state index contributed by atoms with van der Waals surface area (Å²) in [5, 5.41) is 0. The molecule has 29 heavy (non-hydrogen) atoms. The summed E-state index contributed by atoms with van der Waals surface area (Å²) in [6.07, 6.45) is 1.89. The average Bonchev–Trinajstić information content (AvgIpc) is 3.22. The number of fused-ring (bicyclic) bond motifs is 1. The van der Waals surface area contributed by atoms with Gasteiger partial charge in [0.05, 0.1) is 11.4 Å². The van der Waals surface area contributed by atoms with Crippen LogP contribution in [0.1, 0.15) is 17.5 Å². The molecule has 1 amide bonds. The summed E-state index contributed by atoms with van der Waals surface area (Å²) in [5.41, 5.74) is 2.73. The van der Waals surface area contributed by atoms with E-state index in [4.69, 9.17) is 0 Å². The van der Waals surface area contributed by atoms with E-state index < -0.39 is 15.8 Å². The smallest absolute Gasteiger partial charge is 0.241 e. The Labute approximate surface area is 170 Å². The Morgan fingerprint density at radius 2 is 1.90 bits per heavy atom. The Balaban J connectivity index is 1.32. The van der Waals surface area contributed by atoms with E-state index >= 15 is 0 Å². The van der Waals surface area contributed by atoms with E-state index in [-0.39, 0.29) is 23.4 Å². The van der Waals surface area contributed by atoms with E-state index in [9.17, 15) is 17.6 Å². The van der Waals surface area contributed by atoms with Gasteiger partial charge in [-0.1, -0.05) is 30.3 Å². The maximum atomic E-state index is 13.3. The molecule has 1 N–H and O–H groups in total. The van der Waals surface area contributed by atoms with Crippen LogP contribution in [-0.4, -0.2) is 56.3 Å². The Hall–Kier alpha value is -2.29. The van der Waals surface area contributed by atoms with Crippen LogP contribution in [-0.2, 0) is 27.8 Å². The van der Waals surface area contributed by atoms with Gasteiger partial charge in [-0.25, -0.2) is 17.5 Å². The topological polar surface area (TPSA) is 69.7 Å². The van der Waals surface area contributed by atoms with Gasteiger partial charge in [0.15, 0.2) is 0 Å². The highest BCUT2D eigenvalue weighted by atomic mass is 32.2. The molecule has 1 fully saturated rings. The number of carbonyl (C=O) groups is 1. The first-order valence-corrected chi connectivity index (χ1v) is 11.2. The van der Waals surface area contributed by atoms with Crippen LogP contribution in [0.2, 0.25) is 0 Å². The van der Waals surface area contributed by atoms with Crippen LogP contribution >= 0.6 is 0 Å². The molecule has 2 aliphatic heterocycles. The van der Waals surface area contributed by atoms with E-state index in [0.29, 0.717) is 13.1 Å². The molecule has 2 aromatic rings. The van der Waals surface area contributed by atoms with Crippen molar-refractivity contribution in [2.45, 2.75) is 30.3 Å². The molecule has 0 radical (unpaired) electrons. The number of rotatable bonds is 5. The summed E-state index contributed by atoms with van der Waals surface area (Å²) >= 11 is 0. The fraction of sp³-hybridized carbons (Fsp3) is 0.381. The fourth-order valence-electron chi connectivity index (χ4n) is 4.08. The van der Waals surface area contributed by atoms with Gasteiger partial charge in [0, 0.05) is 32.2 Å². The number of hydrogen-bond donors (Lipinski definition) is 1. The highest BCUT2D eigenvalue weighted by Gasteiger charge is 2.32. The first kappa shape index (κ1) is 20.0. The first-order chi connectivity index (χ1) is 13.9. The van der Waals surface area contributed by atoms with Gasteiger partial charge >= 0.3 is 0 Å². The summed E-state index contributed by atoms with van der Waals surface area (Å²) in [4.78, 5) is 16.5. The van der Waals surface area contributed by atoms with Crippen LogP contribution < -0.4 is 4.72 Å². The third-order valence-electron chi connectivity index (χ3n) is 5.71. The number of carbonyl (C=O) groups excluding carboxylic acids is 1. The SMILES string of the molecule is O=C(CNS(=O)(=O)c1cccc(F)c1)N1CCC(N2CCc3ccccc3C2)C1. The number of nitrogens with zero attached hydrogens (tertiary/aromatic N) is 2. The summed E-state index contributed by atoms with van der Waals surface area (Å²) in [6, 6.07) is 13.5. The van der Waals surface area contributed by atoms with Crippen molar-refractivity contribution in [1.82, 2.24) is 14.5 Å². The fourth-order valence-corrected chi connectivity index (χ4v) is 5.09. The van der Waals surface area contributed by atoms with Gasteiger partial charge in [0.1, 0.15) is 5.82 Å². The van der Waals surface area contributed by atoms with Crippen molar-refractivity contribution in [3.63, 3.8) is 0 Å². The third kappa shape index (κ3) is 4.49. The van der Waals surface area contributed by atoms with Crippen molar-refractivity contribution in [2.24, 2.45) is 0 Å². The molecule has 2 aliphatic rings. The molecule has 1 atom stereocenters. The number of nitrogens with one attached hydrogen (secondary N) is 1. The lowest BCUT2D eigenvalue weighted by molar-refractivity contribution is -0.129. The van der Waals surface area contributed by atoms with E-state index in [1.807, 2.05) is 0 Å². The number of halogens is 1. The van der Waals surface area contributed by atoms with E-state index in [1.54, 1.807) is 4.90 Å². The monoisotopic (exact) mass is 417 g/mol. The Kier molecular flexibility index (Phi) is 5.67.